The van der Waals surface area contributed by atoms with Crippen molar-refractivity contribution in [3.63, 3.8) is 0 Å². The van der Waals surface area contributed by atoms with Gasteiger partial charge in [0.05, 0.1) is 5.69 Å². The van der Waals surface area contributed by atoms with Crippen molar-refractivity contribution in [2.45, 2.75) is 26.3 Å². The fraction of sp³-hybridized carbons (Fsp3) is 0.294. The number of aromatic amines is 1. The first-order chi connectivity index (χ1) is 10.9. The number of hydrogen-bond acceptors (Lipinski definition) is 3. The zero-order valence-electron chi connectivity index (χ0n) is 13.3. The average Bonchev–Trinajstić information content (AvgIpc) is 2.49. The molecule has 0 aliphatic carbocycles. The lowest BCUT2D eigenvalue weighted by molar-refractivity contribution is 0.676. The third kappa shape index (κ3) is 2.72. The van der Waals surface area contributed by atoms with Crippen LogP contribution in [0, 0.1) is 0 Å². The molecule has 0 saturated carbocycles. The quantitative estimate of drug-likeness (QED) is 0.920. The van der Waals surface area contributed by atoms with E-state index in [0.717, 1.165) is 17.0 Å². The fourth-order valence-corrected chi connectivity index (χ4v) is 3.22. The monoisotopic (exact) mass is 331 g/mol. The van der Waals surface area contributed by atoms with Gasteiger partial charge in [0, 0.05) is 30.2 Å². The van der Waals surface area contributed by atoms with Crippen LogP contribution < -0.4 is 16.1 Å². The summed E-state index contributed by atoms with van der Waals surface area (Å²) < 4.78 is 1.51. The van der Waals surface area contributed by atoms with Crippen molar-refractivity contribution >= 4 is 17.3 Å². The fourth-order valence-electron chi connectivity index (χ4n) is 3.09. The van der Waals surface area contributed by atoms with E-state index >= 15 is 0 Å². The van der Waals surface area contributed by atoms with Crippen LogP contribution in [0.4, 0.5) is 5.69 Å². The van der Waals surface area contributed by atoms with Crippen molar-refractivity contribution in [1.82, 2.24) is 9.55 Å². The van der Waals surface area contributed by atoms with Crippen LogP contribution in [0.1, 0.15) is 31.0 Å². The molecule has 0 bridgehead atoms. The Kier molecular flexibility index (Phi) is 3.90. The van der Waals surface area contributed by atoms with Gasteiger partial charge >= 0.3 is 5.69 Å². The number of halogens is 1. The van der Waals surface area contributed by atoms with Gasteiger partial charge in [0.15, 0.2) is 0 Å². The van der Waals surface area contributed by atoms with Crippen molar-refractivity contribution in [2.24, 2.45) is 7.05 Å². The Hall–Kier alpha value is -2.27. The number of fused-ring (bicyclic) bond motifs is 1. The van der Waals surface area contributed by atoms with Crippen molar-refractivity contribution in [1.29, 1.82) is 0 Å². The molecule has 1 aromatic carbocycles. The molecule has 2 aromatic rings. The van der Waals surface area contributed by atoms with Crippen LogP contribution in [-0.4, -0.2) is 9.55 Å². The molecule has 0 amide bonds. The molecule has 1 aromatic heterocycles. The maximum Gasteiger partial charge on any atom is 0.328 e. The summed E-state index contributed by atoms with van der Waals surface area (Å²) in [6.45, 7) is 4.50. The summed E-state index contributed by atoms with van der Waals surface area (Å²) in [6.07, 6.45) is 2.07. The summed E-state index contributed by atoms with van der Waals surface area (Å²) >= 11 is 5.93. The van der Waals surface area contributed by atoms with Gasteiger partial charge in [-0.3, -0.25) is 14.3 Å². The largest absolute Gasteiger partial charge is 0.335 e. The second-order valence-corrected chi connectivity index (χ2v) is 6.30. The highest BCUT2D eigenvalue weighted by Crippen LogP contribution is 2.33. The predicted molar refractivity (Wildman–Crippen MR) is 92.1 cm³/mol. The van der Waals surface area contributed by atoms with E-state index < -0.39 is 0 Å². The summed E-state index contributed by atoms with van der Waals surface area (Å²) in [5, 5.41) is 0.675. The van der Waals surface area contributed by atoms with Gasteiger partial charge in [-0.25, -0.2) is 4.79 Å². The molecule has 5 nitrogen and oxygen atoms in total. The minimum absolute atomic E-state index is 0.00599. The van der Waals surface area contributed by atoms with Crippen LogP contribution in [0.25, 0.3) is 0 Å². The number of anilines is 1. The van der Waals surface area contributed by atoms with Crippen molar-refractivity contribution in [3.8, 4) is 0 Å². The Bertz CT molecular complexity index is 894. The number of nitrogens with one attached hydrogen (secondary N) is 1. The van der Waals surface area contributed by atoms with E-state index in [1.807, 2.05) is 43.0 Å². The molecule has 1 atom stereocenters. The molecule has 6 heteroatoms. The van der Waals surface area contributed by atoms with Crippen LogP contribution in [0.3, 0.4) is 0 Å². The summed E-state index contributed by atoms with van der Waals surface area (Å²) in [5.41, 5.74) is 2.56. The van der Waals surface area contributed by atoms with E-state index in [4.69, 9.17) is 11.6 Å². The molecule has 0 spiro atoms. The number of benzene rings is 1. The molecule has 0 fully saturated rings. The first-order valence-corrected chi connectivity index (χ1v) is 7.80. The predicted octanol–water partition coefficient (Wildman–Crippen LogP) is 2.75. The normalized spacial score (nSPS) is 17.0. The van der Waals surface area contributed by atoms with Gasteiger partial charge in [0.1, 0.15) is 5.69 Å². The van der Waals surface area contributed by atoms with Crippen LogP contribution in [0.2, 0.25) is 5.02 Å². The van der Waals surface area contributed by atoms with E-state index in [-0.39, 0.29) is 17.2 Å². The number of aromatic nitrogens is 2. The van der Waals surface area contributed by atoms with Gasteiger partial charge in [-0.1, -0.05) is 36.7 Å². The van der Waals surface area contributed by atoms with Crippen molar-refractivity contribution in [3.05, 3.63) is 73.2 Å². The topological polar surface area (TPSA) is 58.1 Å². The number of rotatable bonds is 2. The summed E-state index contributed by atoms with van der Waals surface area (Å²) in [5.74, 6) is 0.00599. The highest BCUT2D eigenvalue weighted by molar-refractivity contribution is 6.30. The minimum Gasteiger partial charge on any atom is -0.335 e. The molecule has 1 aliphatic heterocycles. The molecular formula is C17H18ClN3O2. The third-order valence-electron chi connectivity index (χ3n) is 4.22. The molecule has 120 valence electrons. The molecule has 1 aliphatic rings. The van der Waals surface area contributed by atoms with Crippen LogP contribution in [-0.2, 0) is 13.6 Å². The first-order valence-electron chi connectivity index (χ1n) is 7.42. The van der Waals surface area contributed by atoms with E-state index in [2.05, 4.69) is 11.1 Å². The molecule has 3 rings (SSSR count). The molecule has 0 radical (unpaired) electrons. The zero-order valence-corrected chi connectivity index (χ0v) is 14.0. The number of hydrogen-bond donors (Lipinski definition) is 1. The lowest BCUT2D eigenvalue weighted by Crippen LogP contribution is -2.39. The van der Waals surface area contributed by atoms with Gasteiger partial charge in [0.2, 0.25) is 0 Å². The van der Waals surface area contributed by atoms with Gasteiger partial charge in [-0.15, -0.1) is 0 Å². The summed E-state index contributed by atoms with van der Waals surface area (Å²) in [4.78, 5) is 28.7. The second-order valence-electron chi connectivity index (χ2n) is 5.86. The molecule has 2 heterocycles. The van der Waals surface area contributed by atoms with Gasteiger partial charge in [-0.2, -0.15) is 0 Å². The Morgan fingerprint density at radius 2 is 1.87 bits per heavy atom. The average molecular weight is 332 g/mol. The second kappa shape index (κ2) is 5.74. The maximum atomic E-state index is 12.4. The molecule has 1 N–H and O–H groups in total. The van der Waals surface area contributed by atoms with E-state index in [1.54, 1.807) is 7.05 Å². The van der Waals surface area contributed by atoms with Crippen molar-refractivity contribution < 1.29 is 0 Å². The first kappa shape index (κ1) is 15.6. The number of nitrogens with zero attached hydrogens (tertiary/aromatic N) is 2. The van der Waals surface area contributed by atoms with Crippen molar-refractivity contribution in [2.75, 3.05) is 4.90 Å². The standard InChI is InChI=1S/C17H18ClN3O2/c1-10-8-11(2)21(9-12-4-6-13(18)7-5-12)15-14(10)20(3)17(23)19-16(15)22/h4-8,10H,9H2,1-3H3,(H,19,22,23)/t10-/m1/s1. The smallest absolute Gasteiger partial charge is 0.328 e. The zero-order chi connectivity index (χ0) is 16.7. The lowest BCUT2D eigenvalue weighted by atomic mass is 9.98. The summed E-state index contributed by atoms with van der Waals surface area (Å²) in [7, 11) is 1.68. The van der Waals surface area contributed by atoms with E-state index in [9.17, 15) is 9.59 Å². The maximum absolute atomic E-state index is 12.4. The van der Waals surface area contributed by atoms with Gasteiger partial charge in [0.25, 0.3) is 5.56 Å². The van der Waals surface area contributed by atoms with E-state index in [1.165, 1.54) is 4.57 Å². The lowest BCUT2D eigenvalue weighted by Gasteiger charge is -2.33. The van der Waals surface area contributed by atoms with Crippen LogP contribution >= 0.6 is 11.6 Å². The van der Waals surface area contributed by atoms with Gasteiger partial charge in [-0.05, 0) is 24.6 Å². The molecule has 0 unspecified atom stereocenters. The Labute approximate surface area is 138 Å². The summed E-state index contributed by atoms with van der Waals surface area (Å²) in [6, 6.07) is 7.52. The number of allylic oxidation sites excluding steroid dienone is 2. The molecule has 23 heavy (non-hydrogen) atoms. The molecule has 0 saturated heterocycles. The highest BCUT2D eigenvalue weighted by Gasteiger charge is 2.27. The van der Waals surface area contributed by atoms with Crippen LogP contribution in [0.5, 0.6) is 0 Å². The third-order valence-corrected chi connectivity index (χ3v) is 4.47. The van der Waals surface area contributed by atoms with Crippen LogP contribution in [0.15, 0.2) is 45.6 Å². The Morgan fingerprint density at radius 1 is 1.22 bits per heavy atom. The highest BCUT2D eigenvalue weighted by atomic mass is 35.5. The number of H-pyrrole nitrogens is 1. The Morgan fingerprint density at radius 3 is 2.52 bits per heavy atom. The Balaban J connectivity index is 2.13. The minimum atomic E-state index is -0.389. The van der Waals surface area contributed by atoms with Gasteiger partial charge < -0.3 is 4.90 Å². The van der Waals surface area contributed by atoms with E-state index in [0.29, 0.717) is 17.3 Å². The SMILES string of the molecule is CC1=C[C@@H](C)c2c(c(=O)[nH]c(=O)n2C)N1Cc1ccc(Cl)cc1. The molecular weight excluding hydrogens is 314 g/mol.